The zero-order valence-corrected chi connectivity index (χ0v) is 26.3. The fraction of sp³-hybridized carbons (Fsp3) is 0.0667. The van der Waals surface area contributed by atoms with Crippen LogP contribution in [0.2, 0.25) is 0 Å². The molecule has 0 N–H and O–H groups in total. The zero-order chi connectivity index (χ0) is 30.5. The van der Waals surface area contributed by atoms with Crippen molar-refractivity contribution in [1.29, 1.82) is 0 Å². The Bertz CT molecular complexity index is 2300. The van der Waals surface area contributed by atoms with Crippen LogP contribution in [-0.2, 0) is 18.3 Å². The summed E-state index contributed by atoms with van der Waals surface area (Å²) in [4.78, 5) is 0. The van der Waals surface area contributed by atoms with E-state index >= 15 is 0 Å². The molecule has 0 nitrogen and oxygen atoms in total. The van der Waals surface area contributed by atoms with E-state index in [1.54, 1.807) is 0 Å². The molecule has 0 atom stereocenters. The Morgan fingerprint density at radius 2 is 0.935 bits per heavy atom. The molecule has 0 saturated carbocycles. The van der Waals surface area contributed by atoms with Gasteiger partial charge in [-0.1, -0.05) is 170 Å². The minimum atomic E-state index is -0.393. The van der Waals surface area contributed by atoms with Crippen LogP contribution in [0.15, 0.2) is 170 Å². The third kappa shape index (κ3) is 4.12. The predicted molar refractivity (Wildman–Crippen MR) is 196 cm³/mol. The summed E-state index contributed by atoms with van der Waals surface area (Å²) in [6.07, 6.45) is 2.03. The van der Waals surface area contributed by atoms with Gasteiger partial charge in [-0.3, -0.25) is 0 Å². The van der Waals surface area contributed by atoms with Crippen LogP contribution in [0.25, 0.3) is 42.4 Å². The number of thiophene rings is 1. The van der Waals surface area contributed by atoms with E-state index in [1.165, 1.54) is 75.8 Å². The van der Waals surface area contributed by atoms with E-state index in [9.17, 15) is 0 Å². The van der Waals surface area contributed by atoms with Crippen molar-refractivity contribution in [1.82, 2.24) is 0 Å². The average molecular weight is 605 g/mol. The smallest absolute Gasteiger partial charge is 0.0727 e. The summed E-state index contributed by atoms with van der Waals surface area (Å²) in [5, 5.41) is 2.71. The maximum atomic E-state index is 2.39. The number of rotatable bonds is 6. The molecule has 1 heteroatoms. The standard InChI is InChI=1S/C45H32S/c1-3-13-32(14-4-1)33-28-25-31(26-29-33)27-30-34-15-11-20-38-39-21-12-24-42(44(39)46-43(34)38)45(35-16-5-2-6-17-35)40-22-9-7-18-36(40)37-19-8-10-23-41(37)45/h1-26,28-29H,27,30H2. The van der Waals surface area contributed by atoms with Gasteiger partial charge in [0.25, 0.3) is 0 Å². The molecule has 0 bridgehead atoms. The van der Waals surface area contributed by atoms with Gasteiger partial charge in [0.05, 0.1) is 5.41 Å². The summed E-state index contributed by atoms with van der Waals surface area (Å²) in [5.41, 5.74) is 13.0. The quantitative estimate of drug-likeness (QED) is 0.177. The third-order valence-electron chi connectivity index (χ3n) is 9.91. The second kappa shape index (κ2) is 11.0. The monoisotopic (exact) mass is 604 g/mol. The minimum Gasteiger partial charge on any atom is -0.135 e. The van der Waals surface area contributed by atoms with Crippen LogP contribution >= 0.6 is 11.3 Å². The normalized spacial score (nSPS) is 13.1. The van der Waals surface area contributed by atoms with Gasteiger partial charge in [-0.05, 0) is 68.5 Å². The van der Waals surface area contributed by atoms with Gasteiger partial charge >= 0.3 is 0 Å². The van der Waals surface area contributed by atoms with E-state index in [0.29, 0.717) is 0 Å². The fourth-order valence-electron chi connectivity index (χ4n) is 7.82. The number of hydrogen-bond donors (Lipinski definition) is 0. The van der Waals surface area contributed by atoms with Gasteiger partial charge in [0.2, 0.25) is 0 Å². The molecule has 1 aromatic heterocycles. The molecule has 0 aliphatic heterocycles. The molecule has 9 rings (SSSR count). The molecular weight excluding hydrogens is 573 g/mol. The lowest BCUT2D eigenvalue weighted by molar-refractivity contribution is 0.778. The number of benzene rings is 7. The Balaban J connectivity index is 1.19. The van der Waals surface area contributed by atoms with E-state index in [4.69, 9.17) is 0 Å². The van der Waals surface area contributed by atoms with Gasteiger partial charge < -0.3 is 0 Å². The highest BCUT2D eigenvalue weighted by molar-refractivity contribution is 7.26. The van der Waals surface area contributed by atoms with Crippen molar-refractivity contribution < 1.29 is 0 Å². The third-order valence-corrected chi connectivity index (χ3v) is 11.2. The van der Waals surface area contributed by atoms with E-state index < -0.39 is 5.41 Å². The minimum absolute atomic E-state index is 0.393. The van der Waals surface area contributed by atoms with Crippen molar-refractivity contribution in [3.8, 4) is 22.3 Å². The molecular formula is C45H32S. The van der Waals surface area contributed by atoms with Gasteiger partial charge in [-0.25, -0.2) is 0 Å². The van der Waals surface area contributed by atoms with E-state index in [2.05, 4.69) is 170 Å². The van der Waals surface area contributed by atoms with Gasteiger partial charge in [-0.2, -0.15) is 0 Å². The molecule has 1 aliphatic carbocycles. The summed E-state index contributed by atoms with van der Waals surface area (Å²) in [6, 6.07) is 62.9. The number of aryl methyl sites for hydroxylation is 2. The maximum Gasteiger partial charge on any atom is 0.0727 e. The molecule has 0 spiro atoms. The Kier molecular flexibility index (Phi) is 6.47. The van der Waals surface area contributed by atoms with Crippen LogP contribution < -0.4 is 0 Å². The first-order valence-corrected chi connectivity index (χ1v) is 17.0. The van der Waals surface area contributed by atoms with Crippen LogP contribution in [0, 0.1) is 0 Å². The van der Waals surface area contributed by atoms with Gasteiger partial charge in [-0.15, -0.1) is 11.3 Å². The number of hydrogen-bond acceptors (Lipinski definition) is 1. The van der Waals surface area contributed by atoms with Crippen LogP contribution in [0.1, 0.15) is 33.4 Å². The van der Waals surface area contributed by atoms with Crippen molar-refractivity contribution in [3.63, 3.8) is 0 Å². The molecule has 8 aromatic rings. The highest BCUT2D eigenvalue weighted by atomic mass is 32.1. The summed E-state index contributed by atoms with van der Waals surface area (Å²) >= 11 is 1.98. The lowest BCUT2D eigenvalue weighted by Crippen LogP contribution is -2.28. The SMILES string of the molecule is c1ccc(-c2ccc(CCc3cccc4c3sc3c(C5(c6ccccc6)c6ccccc6-c6ccccc65)cccc34)cc2)cc1. The fourth-order valence-corrected chi connectivity index (χ4v) is 9.24. The molecule has 0 fully saturated rings. The molecule has 0 unspecified atom stereocenters. The first-order valence-electron chi connectivity index (χ1n) is 16.2. The molecule has 0 saturated heterocycles. The van der Waals surface area contributed by atoms with Crippen LogP contribution in [0.4, 0.5) is 0 Å². The zero-order valence-electron chi connectivity index (χ0n) is 25.5. The van der Waals surface area contributed by atoms with Crippen LogP contribution in [-0.4, -0.2) is 0 Å². The molecule has 0 amide bonds. The average Bonchev–Trinajstić information content (AvgIpc) is 3.67. The summed E-state index contributed by atoms with van der Waals surface area (Å²) in [6.45, 7) is 0. The highest BCUT2D eigenvalue weighted by Crippen LogP contribution is 2.58. The van der Waals surface area contributed by atoms with Crippen molar-refractivity contribution in [3.05, 3.63) is 203 Å². The predicted octanol–water partition coefficient (Wildman–Crippen LogP) is 11.9. The largest absolute Gasteiger partial charge is 0.135 e. The Hall–Kier alpha value is -5.24. The van der Waals surface area contributed by atoms with Gasteiger partial charge in [0, 0.05) is 20.2 Å². The molecule has 0 radical (unpaired) electrons. The van der Waals surface area contributed by atoms with Crippen LogP contribution in [0.5, 0.6) is 0 Å². The Morgan fingerprint density at radius 1 is 0.391 bits per heavy atom. The topological polar surface area (TPSA) is 0 Å². The van der Waals surface area contributed by atoms with E-state index in [0.717, 1.165) is 12.8 Å². The Morgan fingerprint density at radius 3 is 1.63 bits per heavy atom. The van der Waals surface area contributed by atoms with Crippen molar-refractivity contribution in [2.24, 2.45) is 0 Å². The summed E-state index contributed by atoms with van der Waals surface area (Å²) < 4.78 is 2.79. The van der Waals surface area contributed by atoms with Gasteiger partial charge in [0.1, 0.15) is 0 Å². The van der Waals surface area contributed by atoms with Crippen molar-refractivity contribution >= 4 is 31.5 Å². The molecule has 1 aliphatic rings. The first-order chi connectivity index (χ1) is 22.8. The second-order valence-corrected chi connectivity index (χ2v) is 13.4. The van der Waals surface area contributed by atoms with E-state index in [1.807, 2.05) is 11.3 Å². The first kappa shape index (κ1) is 27.1. The van der Waals surface area contributed by atoms with Crippen molar-refractivity contribution in [2.45, 2.75) is 18.3 Å². The maximum absolute atomic E-state index is 2.39. The lowest BCUT2D eigenvalue weighted by atomic mass is 9.67. The second-order valence-electron chi connectivity index (χ2n) is 12.3. The molecule has 218 valence electrons. The Labute approximate surface area is 274 Å². The van der Waals surface area contributed by atoms with Crippen molar-refractivity contribution in [2.75, 3.05) is 0 Å². The summed E-state index contributed by atoms with van der Waals surface area (Å²) in [7, 11) is 0. The van der Waals surface area contributed by atoms with E-state index in [-0.39, 0.29) is 0 Å². The van der Waals surface area contributed by atoms with Crippen LogP contribution in [0.3, 0.4) is 0 Å². The number of fused-ring (bicyclic) bond motifs is 6. The highest BCUT2D eigenvalue weighted by Gasteiger charge is 2.46. The summed E-state index contributed by atoms with van der Waals surface area (Å²) in [5.74, 6) is 0. The molecule has 7 aromatic carbocycles. The lowest BCUT2D eigenvalue weighted by Gasteiger charge is -2.34. The van der Waals surface area contributed by atoms with Gasteiger partial charge in [0.15, 0.2) is 0 Å². The molecule has 46 heavy (non-hydrogen) atoms. The molecule has 1 heterocycles.